The molecular formula is C15H22N4O3S. The van der Waals surface area contributed by atoms with Crippen LogP contribution in [0.15, 0.2) is 28.9 Å². The zero-order valence-corrected chi connectivity index (χ0v) is 14.5. The first-order valence-corrected chi connectivity index (χ1v) is 9.05. The summed E-state index contributed by atoms with van der Waals surface area (Å²) >= 11 is 0. The normalized spacial score (nSPS) is 19.7. The van der Waals surface area contributed by atoms with E-state index in [0.717, 1.165) is 18.6 Å². The second-order valence-corrected chi connectivity index (χ2v) is 7.92. The molecule has 1 saturated heterocycles. The number of aromatic nitrogens is 2. The molecule has 3 heterocycles. The zero-order chi connectivity index (χ0) is 16.6. The van der Waals surface area contributed by atoms with Crippen LogP contribution in [0, 0.1) is 6.92 Å². The van der Waals surface area contributed by atoms with Crippen molar-refractivity contribution < 1.29 is 12.8 Å². The SMILES string of the molecule is Cc1ccc(C2CCCN2S(=O)(=O)N(C)Cc2nccn2C)o1. The van der Waals surface area contributed by atoms with Crippen LogP contribution in [-0.4, -0.2) is 40.2 Å². The van der Waals surface area contributed by atoms with Crippen molar-refractivity contribution in [3.05, 3.63) is 41.9 Å². The lowest BCUT2D eigenvalue weighted by Crippen LogP contribution is -2.41. The van der Waals surface area contributed by atoms with Crippen molar-refractivity contribution in [3.8, 4) is 0 Å². The Morgan fingerprint density at radius 2 is 2.22 bits per heavy atom. The highest BCUT2D eigenvalue weighted by Gasteiger charge is 2.39. The molecule has 1 aliphatic rings. The van der Waals surface area contributed by atoms with Crippen LogP contribution in [0.5, 0.6) is 0 Å². The molecule has 23 heavy (non-hydrogen) atoms. The second-order valence-electron chi connectivity index (χ2n) is 5.94. The molecule has 0 saturated carbocycles. The second kappa shape index (κ2) is 6.10. The number of imidazole rings is 1. The Bertz CT molecular complexity index is 780. The van der Waals surface area contributed by atoms with Gasteiger partial charge in [0.15, 0.2) is 0 Å². The molecular weight excluding hydrogens is 316 g/mol. The van der Waals surface area contributed by atoms with E-state index in [0.29, 0.717) is 18.1 Å². The van der Waals surface area contributed by atoms with Gasteiger partial charge in [-0.05, 0) is 31.9 Å². The van der Waals surface area contributed by atoms with Crippen LogP contribution in [0.3, 0.4) is 0 Å². The molecule has 2 aromatic rings. The van der Waals surface area contributed by atoms with E-state index < -0.39 is 10.2 Å². The van der Waals surface area contributed by atoms with E-state index in [2.05, 4.69) is 4.98 Å². The maximum atomic E-state index is 12.9. The van der Waals surface area contributed by atoms with Crippen LogP contribution in [-0.2, 0) is 23.8 Å². The first-order valence-electron chi connectivity index (χ1n) is 7.65. The summed E-state index contributed by atoms with van der Waals surface area (Å²) in [5, 5.41) is 0. The molecule has 1 fully saturated rings. The van der Waals surface area contributed by atoms with Crippen LogP contribution in [0.2, 0.25) is 0 Å². The van der Waals surface area contributed by atoms with E-state index in [1.54, 1.807) is 19.4 Å². The predicted octanol–water partition coefficient (Wildman–Crippen LogP) is 1.84. The molecule has 0 N–H and O–H groups in total. The summed E-state index contributed by atoms with van der Waals surface area (Å²) in [5.74, 6) is 2.22. The first kappa shape index (κ1) is 16.2. The van der Waals surface area contributed by atoms with Gasteiger partial charge in [-0.1, -0.05) is 0 Å². The Hall–Kier alpha value is -1.64. The van der Waals surface area contributed by atoms with Gasteiger partial charge >= 0.3 is 0 Å². The van der Waals surface area contributed by atoms with Crippen LogP contribution < -0.4 is 0 Å². The zero-order valence-electron chi connectivity index (χ0n) is 13.6. The standard InChI is InChI=1S/C15H22N4O3S/c1-12-6-7-14(22-12)13-5-4-9-19(13)23(20,21)18(3)11-15-16-8-10-17(15)2/h6-8,10,13H,4-5,9,11H2,1-3H3. The van der Waals surface area contributed by atoms with E-state index in [9.17, 15) is 8.42 Å². The number of furan rings is 1. The molecule has 2 aromatic heterocycles. The first-order chi connectivity index (χ1) is 10.9. The van der Waals surface area contributed by atoms with Gasteiger partial charge in [-0.2, -0.15) is 17.0 Å². The van der Waals surface area contributed by atoms with Gasteiger partial charge in [0.05, 0.1) is 12.6 Å². The fourth-order valence-electron chi connectivity index (χ4n) is 2.94. The average Bonchev–Trinajstić information content (AvgIpc) is 3.20. The third kappa shape index (κ3) is 3.06. The van der Waals surface area contributed by atoms with Crippen LogP contribution in [0.4, 0.5) is 0 Å². The Kier molecular flexibility index (Phi) is 4.31. The van der Waals surface area contributed by atoms with Crippen molar-refractivity contribution in [2.24, 2.45) is 7.05 Å². The third-order valence-electron chi connectivity index (χ3n) is 4.27. The summed E-state index contributed by atoms with van der Waals surface area (Å²) in [7, 11) is -0.122. The molecule has 1 unspecified atom stereocenters. The van der Waals surface area contributed by atoms with Crippen LogP contribution >= 0.6 is 0 Å². The van der Waals surface area contributed by atoms with Crippen molar-refractivity contribution in [1.29, 1.82) is 0 Å². The molecule has 0 bridgehead atoms. The molecule has 8 heteroatoms. The summed E-state index contributed by atoms with van der Waals surface area (Å²) in [4.78, 5) is 4.20. The van der Waals surface area contributed by atoms with Crippen LogP contribution in [0.1, 0.15) is 36.2 Å². The lowest BCUT2D eigenvalue weighted by molar-refractivity contribution is 0.306. The van der Waals surface area contributed by atoms with Gasteiger partial charge in [-0.25, -0.2) is 4.98 Å². The number of hydrogen-bond donors (Lipinski definition) is 0. The lowest BCUT2D eigenvalue weighted by Gasteiger charge is -2.27. The molecule has 0 spiro atoms. The number of nitrogens with zero attached hydrogens (tertiary/aromatic N) is 4. The van der Waals surface area contributed by atoms with Gasteiger partial charge < -0.3 is 8.98 Å². The van der Waals surface area contributed by atoms with E-state index in [4.69, 9.17) is 4.42 Å². The van der Waals surface area contributed by atoms with Gasteiger partial charge in [-0.15, -0.1) is 0 Å². The van der Waals surface area contributed by atoms with Gasteiger partial charge in [0, 0.05) is 33.0 Å². The molecule has 3 rings (SSSR count). The van der Waals surface area contributed by atoms with Gasteiger partial charge in [0.2, 0.25) is 0 Å². The van der Waals surface area contributed by atoms with Gasteiger partial charge in [0.25, 0.3) is 10.2 Å². The number of rotatable bonds is 5. The fraction of sp³-hybridized carbons (Fsp3) is 0.533. The molecule has 7 nitrogen and oxygen atoms in total. The van der Waals surface area contributed by atoms with Crippen molar-refractivity contribution in [2.45, 2.75) is 32.4 Å². The highest BCUT2D eigenvalue weighted by Crippen LogP contribution is 2.35. The van der Waals surface area contributed by atoms with E-state index >= 15 is 0 Å². The number of hydrogen-bond acceptors (Lipinski definition) is 4. The Balaban J connectivity index is 1.81. The van der Waals surface area contributed by atoms with Crippen molar-refractivity contribution in [1.82, 2.24) is 18.2 Å². The topological polar surface area (TPSA) is 71.6 Å². The quantitative estimate of drug-likeness (QED) is 0.834. The molecule has 0 aromatic carbocycles. The number of aryl methyl sites for hydroxylation is 2. The van der Waals surface area contributed by atoms with E-state index in [1.807, 2.05) is 30.7 Å². The summed E-state index contributed by atoms with van der Waals surface area (Å²) in [6.45, 7) is 2.62. The molecule has 126 valence electrons. The molecule has 0 radical (unpaired) electrons. The highest BCUT2D eigenvalue weighted by molar-refractivity contribution is 7.86. The highest BCUT2D eigenvalue weighted by atomic mass is 32.2. The molecule has 0 amide bonds. The largest absolute Gasteiger partial charge is 0.465 e. The maximum Gasteiger partial charge on any atom is 0.282 e. The maximum absolute atomic E-state index is 12.9. The van der Waals surface area contributed by atoms with Crippen LogP contribution in [0.25, 0.3) is 0 Å². The minimum Gasteiger partial charge on any atom is -0.465 e. The molecule has 1 aliphatic heterocycles. The molecule has 1 atom stereocenters. The average molecular weight is 338 g/mol. The monoisotopic (exact) mass is 338 g/mol. The van der Waals surface area contributed by atoms with E-state index in [-0.39, 0.29) is 12.6 Å². The van der Waals surface area contributed by atoms with E-state index in [1.165, 1.54) is 8.61 Å². The summed E-state index contributed by atoms with van der Waals surface area (Å²) in [6.07, 6.45) is 5.09. The third-order valence-corrected chi connectivity index (χ3v) is 6.22. The van der Waals surface area contributed by atoms with Crippen molar-refractivity contribution >= 4 is 10.2 Å². The smallest absolute Gasteiger partial charge is 0.282 e. The Morgan fingerprint density at radius 3 is 2.83 bits per heavy atom. The van der Waals surface area contributed by atoms with Crippen molar-refractivity contribution in [2.75, 3.05) is 13.6 Å². The Labute approximate surface area is 136 Å². The minimum absolute atomic E-state index is 0.225. The lowest BCUT2D eigenvalue weighted by atomic mass is 10.2. The molecule has 0 aliphatic carbocycles. The fourth-order valence-corrected chi connectivity index (χ4v) is 4.47. The van der Waals surface area contributed by atoms with Gasteiger partial charge in [0.1, 0.15) is 17.3 Å². The van der Waals surface area contributed by atoms with Gasteiger partial charge in [-0.3, -0.25) is 0 Å². The summed E-state index contributed by atoms with van der Waals surface area (Å²) < 4.78 is 36.2. The predicted molar refractivity (Wildman–Crippen MR) is 85.7 cm³/mol. The van der Waals surface area contributed by atoms with Crippen molar-refractivity contribution in [3.63, 3.8) is 0 Å². The summed E-state index contributed by atoms with van der Waals surface area (Å²) in [5.41, 5.74) is 0. The summed E-state index contributed by atoms with van der Waals surface area (Å²) in [6, 6.07) is 3.51. The Morgan fingerprint density at radius 1 is 1.43 bits per heavy atom. The minimum atomic E-state index is -3.57.